The molecule has 16 heavy (non-hydrogen) atoms. The second kappa shape index (κ2) is 7.44. The molecule has 0 aromatic heterocycles. The summed E-state index contributed by atoms with van der Waals surface area (Å²) < 4.78 is 5.53. The Hall–Kier alpha value is -0.830. The van der Waals surface area contributed by atoms with Crippen molar-refractivity contribution in [1.29, 1.82) is 0 Å². The third-order valence-corrected chi connectivity index (χ3v) is 2.80. The lowest BCUT2D eigenvalue weighted by Gasteiger charge is -2.05. The number of ketones is 1. The fourth-order valence-electron chi connectivity index (χ4n) is 1.32. The molecule has 0 heterocycles. The van der Waals surface area contributed by atoms with Crippen LogP contribution in [0, 0.1) is 0 Å². The molecule has 0 bridgehead atoms. The standard InChI is InChI=1S/C13H17BrO2/c1-11(15)3-4-12-5-7-13(8-6-12)16-10-2-9-14/h5-8H,2-4,9-10H2,1H3. The fourth-order valence-corrected chi connectivity index (χ4v) is 1.55. The van der Waals surface area contributed by atoms with Crippen LogP contribution in [0.5, 0.6) is 5.75 Å². The molecule has 88 valence electrons. The molecule has 0 aliphatic heterocycles. The Morgan fingerprint density at radius 3 is 2.56 bits per heavy atom. The van der Waals surface area contributed by atoms with Gasteiger partial charge in [0.1, 0.15) is 11.5 Å². The van der Waals surface area contributed by atoms with Gasteiger partial charge in [0.05, 0.1) is 6.61 Å². The van der Waals surface area contributed by atoms with E-state index in [9.17, 15) is 4.79 Å². The Balaban J connectivity index is 2.38. The zero-order valence-electron chi connectivity index (χ0n) is 9.54. The minimum absolute atomic E-state index is 0.234. The van der Waals surface area contributed by atoms with E-state index in [0.717, 1.165) is 30.5 Å². The molecule has 0 atom stereocenters. The molecular formula is C13H17BrO2. The Bertz CT molecular complexity index is 319. The van der Waals surface area contributed by atoms with E-state index >= 15 is 0 Å². The van der Waals surface area contributed by atoms with E-state index in [0.29, 0.717) is 6.42 Å². The SMILES string of the molecule is CC(=O)CCc1ccc(OCCCBr)cc1. The summed E-state index contributed by atoms with van der Waals surface area (Å²) in [6.07, 6.45) is 2.44. The molecule has 0 radical (unpaired) electrons. The van der Waals surface area contributed by atoms with Gasteiger partial charge in [-0.05, 0) is 37.5 Å². The number of Topliss-reactive ketones (excluding diaryl/α,β-unsaturated/α-hetero) is 1. The monoisotopic (exact) mass is 284 g/mol. The van der Waals surface area contributed by atoms with Crippen LogP contribution in [0.25, 0.3) is 0 Å². The fraction of sp³-hybridized carbons (Fsp3) is 0.462. The van der Waals surface area contributed by atoms with Gasteiger partial charge in [0.25, 0.3) is 0 Å². The van der Waals surface area contributed by atoms with Crippen LogP contribution >= 0.6 is 15.9 Å². The topological polar surface area (TPSA) is 26.3 Å². The van der Waals surface area contributed by atoms with Gasteiger partial charge < -0.3 is 9.53 Å². The minimum atomic E-state index is 0.234. The normalized spacial score (nSPS) is 10.1. The van der Waals surface area contributed by atoms with Gasteiger partial charge in [0, 0.05) is 11.8 Å². The van der Waals surface area contributed by atoms with Crippen LogP contribution in [0.3, 0.4) is 0 Å². The van der Waals surface area contributed by atoms with Gasteiger partial charge in [-0.1, -0.05) is 28.1 Å². The van der Waals surface area contributed by atoms with E-state index in [2.05, 4.69) is 15.9 Å². The van der Waals surface area contributed by atoms with Gasteiger partial charge >= 0.3 is 0 Å². The Morgan fingerprint density at radius 2 is 2.00 bits per heavy atom. The highest BCUT2D eigenvalue weighted by Gasteiger charge is 1.98. The molecule has 0 saturated heterocycles. The first-order chi connectivity index (χ1) is 7.72. The molecule has 3 heteroatoms. The zero-order chi connectivity index (χ0) is 11.8. The van der Waals surface area contributed by atoms with Gasteiger partial charge in [-0.15, -0.1) is 0 Å². The van der Waals surface area contributed by atoms with Crippen LogP contribution in [-0.2, 0) is 11.2 Å². The second-order valence-electron chi connectivity index (χ2n) is 3.74. The third-order valence-electron chi connectivity index (χ3n) is 2.24. The third kappa shape index (κ3) is 5.31. The highest BCUT2D eigenvalue weighted by atomic mass is 79.9. The molecule has 1 aromatic carbocycles. The van der Waals surface area contributed by atoms with Crippen molar-refractivity contribution in [2.45, 2.75) is 26.2 Å². The minimum Gasteiger partial charge on any atom is -0.494 e. The van der Waals surface area contributed by atoms with Crippen molar-refractivity contribution in [3.05, 3.63) is 29.8 Å². The molecule has 1 rings (SSSR count). The summed E-state index contributed by atoms with van der Waals surface area (Å²) in [5, 5.41) is 0.962. The number of benzene rings is 1. The molecule has 0 N–H and O–H groups in total. The number of alkyl halides is 1. The summed E-state index contributed by atoms with van der Waals surface area (Å²) in [6.45, 7) is 2.36. The molecule has 0 spiro atoms. The van der Waals surface area contributed by atoms with Crippen LogP contribution < -0.4 is 4.74 Å². The van der Waals surface area contributed by atoms with Crippen molar-refractivity contribution < 1.29 is 9.53 Å². The molecule has 0 unspecified atom stereocenters. The largest absolute Gasteiger partial charge is 0.494 e. The number of ether oxygens (including phenoxy) is 1. The Morgan fingerprint density at radius 1 is 1.31 bits per heavy atom. The van der Waals surface area contributed by atoms with Crippen molar-refractivity contribution in [1.82, 2.24) is 0 Å². The Labute approximate surface area is 105 Å². The second-order valence-corrected chi connectivity index (χ2v) is 4.53. The van der Waals surface area contributed by atoms with E-state index in [1.807, 2.05) is 24.3 Å². The van der Waals surface area contributed by atoms with Gasteiger partial charge in [-0.3, -0.25) is 0 Å². The van der Waals surface area contributed by atoms with E-state index in [4.69, 9.17) is 4.74 Å². The maximum Gasteiger partial charge on any atom is 0.130 e. The smallest absolute Gasteiger partial charge is 0.130 e. The average Bonchev–Trinajstić information content (AvgIpc) is 2.28. The molecule has 0 fully saturated rings. The van der Waals surface area contributed by atoms with E-state index in [1.165, 1.54) is 5.56 Å². The van der Waals surface area contributed by atoms with Crippen LogP contribution in [-0.4, -0.2) is 17.7 Å². The highest BCUT2D eigenvalue weighted by Crippen LogP contribution is 2.13. The number of carbonyl (C=O) groups is 1. The first-order valence-electron chi connectivity index (χ1n) is 5.49. The molecular weight excluding hydrogens is 268 g/mol. The molecule has 1 aromatic rings. The molecule has 0 saturated carbocycles. The summed E-state index contributed by atoms with van der Waals surface area (Å²) in [6, 6.07) is 7.96. The molecule has 0 aliphatic rings. The van der Waals surface area contributed by atoms with Crippen molar-refractivity contribution in [2.24, 2.45) is 0 Å². The number of aryl methyl sites for hydroxylation is 1. The first kappa shape index (κ1) is 13.2. The quantitative estimate of drug-likeness (QED) is 0.567. The molecule has 0 amide bonds. The first-order valence-corrected chi connectivity index (χ1v) is 6.61. The summed E-state index contributed by atoms with van der Waals surface area (Å²) in [7, 11) is 0. The molecule has 2 nitrogen and oxygen atoms in total. The average molecular weight is 285 g/mol. The van der Waals surface area contributed by atoms with Crippen molar-refractivity contribution in [3.8, 4) is 5.75 Å². The van der Waals surface area contributed by atoms with Gasteiger partial charge in [-0.25, -0.2) is 0 Å². The van der Waals surface area contributed by atoms with Crippen molar-refractivity contribution in [3.63, 3.8) is 0 Å². The van der Waals surface area contributed by atoms with Crippen molar-refractivity contribution in [2.75, 3.05) is 11.9 Å². The number of carbonyl (C=O) groups excluding carboxylic acids is 1. The highest BCUT2D eigenvalue weighted by molar-refractivity contribution is 9.09. The molecule has 0 aliphatic carbocycles. The predicted molar refractivity (Wildman–Crippen MR) is 69.4 cm³/mol. The number of halogens is 1. The summed E-state index contributed by atoms with van der Waals surface area (Å²) in [4.78, 5) is 10.8. The Kier molecular flexibility index (Phi) is 6.16. The summed E-state index contributed by atoms with van der Waals surface area (Å²) >= 11 is 3.36. The van der Waals surface area contributed by atoms with Gasteiger partial charge in [0.2, 0.25) is 0 Å². The summed E-state index contributed by atoms with van der Waals surface area (Å²) in [5.41, 5.74) is 1.18. The van der Waals surface area contributed by atoms with Gasteiger partial charge in [-0.2, -0.15) is 0 Å². The number of hydrogen-bond acceptors (Lipinski definition) is 2. The summed E-state index contributed by atoms with van der Waals surface area (Å²) in [5.74, 6) is 1.13. The van der Waals surface area contributed by atoms with Crippen LogP contribution in [0.4, 0.5) is 0 Å². The van der Waals surface area contributed by atoms with E-state index in [1.54, 1.807) is 6.92 Å². The zero-order valence-corrected chi connectivity index (χ0v) is 11.1. The van der Waals surface area contributed by atoms with E-state index in [-0.39, 0.29) is 5.78 Å². The lowest BCUT2D eigenvalue weighted by molar-refractivity contribution is -0.116. The number of rotatable bonds is 7. The maximum absolute atomic E-state index is 10.8. The van der Waals surface area contributed by atoms with E-state index < -0.39 is 0 Å². The van der Waals surface area contributed by atoms with Crippen LogP contribution in [0.2, 0.25) is 0 Å². The van der Waals surface area contributed by atoms with Crippen LogP contribution in [0.1, 0.15) is 25.3 Å². The number of hydrogen-bond donors (Lipinski definition) is 0. The van der Waals surface area contributed by atoms with Crippen LogP contribution in [0.15, 0.2) is 24.3 Å². The predicted octanol–water partition coefficient (Wildman–Crippen LogP) is 3.37. The maximum atomic E-state index is 10.8. The lowest BCUT2D eigenvalue weighted by Crippen LogP contribution is -1.98. The lowest BCUT2D eigenvalue weighted by atomic mass is 10.1. The van der Waals surface area contributed by atoms with Gasteiger partial charge in [0.15, 0.2) is 0 Å². The van der Waals surface area contributed by atoms with Crippen molar-refractivity contribution >= 4 is 21.7 Å².